The number of thiophene rings is 2. The van der Waals surface area contributed by atoms with Gasteiger partial charge in [-0.2, -0.15) is 0 Å². The normalized spacial score (nSPS) is 14.0. The zero-order valence-corrected chi connectivity index (χ0v) is 56.8. The van der Waals surface area contributed by atoms with E-state index in [9.17, 15) is 0 Å². The minimum atomic E-state index is -0.217. The maximum absolute atomic E-state index is 7.64. The summed E-state index contributed by atoms with van der Waals surface area (Å²) in [5.41, 5.74) is 25.0. The lowest BCUT2D eigenvalue weighted by Crippen LogP contribution is -2.65. The summed E-state index contributed by atoms with van der Waals surface area (Å²) in [5, 5.41) is 13.7. The van der Waals surface area contributed by atoms with Crippen LogP contribution in [-0.4, -0.2) is 46.4 Å². The molecule has 13 aromatic carbocycles. The fraction of sp³-hybridized carbons (Fsp3) is 0.0238. The first-order chi connectivity index (χ1) is 49.5. The van der Waals surface area contributed by atoms with E-state index in [2.05, 4.69) is 295 Å². The van der Waals surface area contributed by atoms with Gasteiger partial charge in [0.25, 0.3) is 20.1 Å². The van der Waals surface area contributed by atoms with Gasteiger partial charge in [-0.3, -0.25) is 8.61 Å². The number of nitrogens with one attached hydrogen (secondary N) is 1. The van der Waals surface area contributed by atoms with Crippen LogP contribution in [-0.2, 0) is 0 Å². The zero-order chi connectivity index (χ0) is 65.1. The molecule has 0 fully saturated rings. The van der Waals surface area contributed by atoms with Crippen LogP contribution in [0.15, 0.2) is 255 Å². The molecule has 5 aromatic heterocycles. The molecule has 0 unspecified atom stereocenters. The van der Waals surface area contributed by atoms with Crippen molar-refractivity contribution in [1.29, 1.82) is 0 Å². The highest BCUT2D eigenvalue weighted by molar-refractivity contribution is 8.00. The first kappa shape index (κ1) is 54.8. The van der Waals surface area contributed by atoms with Crippen molar-refractivity contribution in [1.82, 2.24) is 13.7 Å². The molecule has 16 heteroatoms. The molecular weight excluding hydrogens is 1300 g/mol. The van der Waals surface area contributed by atoms with Gasteiger partial charge in [-0.1, -0.05) is 146 Å². The maximum Gasteiger partial charge on any atom is 0.273 e. The SMILES string of the molecule is CSN1c2cc3c(cc2B2c4cc5c(cc4N(SC)c4cc(-n6c7ccccc7c7ccccc76)cc1c42)Oc1cc(-n2c4ccccc4c4ccccc42)cc2c1B5c1sc4ccccc4c1O2)B1c2sc4ccccc4c2Oc2cc(-n4c5ccccc5c5ccccc54)cc(c21)N3. The Morgan fingerprint density at radius 1 is 0.310 bits per heavy atom. The van der Waals surface area contributed by atoms with Crippen molar-refractivity contribution in [2.24, 2.45) is 0 Å². The minimum Gasteiger partial charge on any atom is -0.458 e. The fourth-order valence-corrected chi connectivity index (χ4v) is 22.1. The van der Waals surface area contributed by atoms with Crippen LogP contribution in [0.5, 0.6) is 34.5 Å². The first-order valence-corrected chi connectivity index (χ1v) is 37.9. The molecule has 11 heterocycles. The van der Waals surface area contributed by atoms with Crippen molar-refractivity contribution in [2.75, 3.05) is 26.4 Å². The number of fused-ring (bicyclic) bond motifs is 25. The van der Waals surface area contributed by atoms with Gasteiger partial charge in [0.15, 0.2) is 0 Å². The second-order valence-corrected chi connectivity index (χ2v) is 30.6. The second-order valence-electron chi connectivity index (χ2n) is 27.0. The summed E-state index contributed by atoms with van der Waals surface area (Å²) in [4.78, 5) is 0. The summed E-state index contributed by atoms with van der Waals surface area (Å²) in [6, 6.07) is 94.4. The molecule has 1 N–H and O–H groups in total. The Kier molecular flexibility index (Phi) is 10.9. The van der Waals surface area contributed by atoms with E-state index in [-0.39, 0.29) is 20.1 Å². The van der Waals surface area contributed by atoms with Gasteiger partial charge in [-0.25, -0.2) is 0 Å². The Hall–Kier alpha value is -11.1. The summed E-state index contributed by atoms with van der Waals surface area (Å²) in [5.74, 6) is 5.18. The highest BCUT2D eigenvalue weighted by Crippen LogP contribution is 2.50. The van der Waals surface area contributed by atoms with Crippen LogP contribution in [0.25, 0.3) is 103 Å². The molecule has 100 heavy (non-hydrogen) atoms. The van der Waals surface area contributed by atoms with Gasteiger partial charge in [-0.05, 0) is 142 Å². The summed E-state index contributed by atoms with van der Waals surface area (Å²) in [6.45, 7) is -0.548. The van der Waals surface area contributed by atoms with Crippen molar-refractivity contribution >= 4 is 234 Å². The van der Waals surface area contributed by atoms with Crippen LogP contribution in [0, 0.1) is 0 Å². The Morgan fingerprint density at radius 3 is 1.16 bits per heavy atom. The molecule has 0 radical (unpaired) electrons. The lowest BCUT2D eigenvalue weighted by Gasteiger charge is -2.44. The predicted molar refractivity (Wildman–Crippen MR) is 428 cm³/mol. The number of hydrogen-bond donors (Lipinski definition) is 1. The fourth-order valence-electron chi connectivity index (χ4n) is 18.2. The summed E-state index contributed by atoms with van der Waals surface area (Å²) >= 11 is 7.22. The Bertz CT molecular complexity index is 6300. The Labute approximate surface area is 590 Å². The van der Waals surface area contributed by atoms with Crippen molar-refractivity contribution in [3.05, 3.63) is 255 Å². The highest BCUT2D eigenvalue weighted by Gasteiger charge is 2.50. The van der Waals surface area contributed by atoms with Gasteiger partial charge >= 0.3 is 0 Å². The monoisotopic (exact) mass is 1350 g/mol. The van der Waals surface area contributed by atoms with Crippen molar-refractivity contribution in [3.8, 4) is 51.6 Å². The quantitative estimate of drug-likeness (QED) is 0.135. The van der Waals surface area contributed by atoms with Crippen molar-refractivity contribution < 1.29 is 14.2 Å². The number of ether oxygens (including phenoxy) is 3. The van der Waals surface area contributed by atoms with E-state index >= 15 is 0 Å². The molecule has 466 valence electrons. The maximum atomic E-state index is 7.64. The lowest BCUT2D eigenvalue weighted by molar-refractivity contribution is 0.467. The topological polar surface area (TPSA) is 61.0 Å². The number of anilines is 6. The van der Waals surface area contributed by atoms with Gasteiger partial charge in [0.05, 0.1) is 67.2 Å². The van der Waals surface area contributed by atoms with E-state index in [0.29, 0.717) is 0 Å². The van der Waals surface area contributed by atoms with E-state index in [4.69, 9.17) is 14.2 Å². The van der Waals surface area contributed by atoms with E-state index in [0.717, 1.165) is 146 Å². The molecule has 6 aliphatic rings. The number of nitrogens with zero attached hydrogens (tertiary/aromatic N) is 5. The molecule has 0 spiro atoms. The van der Waals surface area contributed by atoms with Gasteiger partial charge in [0.1, 0.15) is 34.5 Å². The molecule has 0 bridgehead atoms. The van der Waals surface area contributed by atoms with Crippen molar-refractivity contribution in [3.63, 3.8) is 0 Å². The number of hydrogen-bond acceptors (Lipinski definition) is 10. The molecule has 0 aliphatic carbocycles. The van der Waals surface area contributed by atoms with Gasteiger partial charge < -0.3 is 33.2 Å². The molecule has 0 saturated carbocycles. The highest BCUT2D eigenvalue weighted by atomic mass is 32.2. The lowest BCUT2D eigenvalue weighted by atomic mass is 9.30. The van der Waals surface area contributed by atoms with E-state index in [1.165, 1.54) is 73.1 Å². The van der Waals surface area contributed by atoms with Crippen molar-refractivity contribution in [2.45, 2.75) is 0 Å². The summed E-state index contributed by atoms with van der Waals surface area (Å²) in [7, 11) is 0. The van der Waals surface area contributed by atoms with Gasteiger partial charge in [0, 0.05) is 121 Å². The third-order valence-corrected chi connectivity index (χ3v) is 26.1. The van der Waals surface area contributed by atoms with Crippen LogP contribution in [0.1, 0.15) is 0 Å². The van der Waals surface area contributed by atoms with E-state index < -0.39 is 0 Å². The van der Waals surface area contributed by atoms with Crippen LogP contribution in [0.2, 0.25) is 0 Å². The molecule has 24 rings (SSSR count). The zero-order valence-electron chi connectivity index (χ0n) is 53.6. The average Bonchev–Trinajstić information content (AvgIpc) is 0.900. The van der Waals surface area contributed by atoms with E-state index in [1.807, 2.05) is 22.7 Å². The third-order valence-electron chi connectivity index (χ3n) is 22.1. The van der Waals surface area contributed by atoms with E-state index in [1.54, 1.807) is 23.9 Å². The molecule has 18 aromatic rings. The molecule has 6 aliphatic heterocycles. The van der Waals surface area contributed by atoms with Crippen LogP contribution in [0.4, 0.5) is 34.1 Å². The average molecular weight is 1350 g/mol. The number of aromatic nitrogens is 3. The van der Waals surface area contributed by atoms with Gasteiger partial charge in [0.2, 0.25) is 0 Å². The Balaban J connectivity index is 0.766. The Morgan fingerprint density at radius 2 is 0.690 bits per heavy atom. The van der Waals surface area contributed by atoms with Crippen LogP contribution >= 0.6 is 46.6 Å². The minimum absolute atomic E-state index is 0.139. The summed E-state index contributed by atoms with van der Waals surface area (Å²) in [6.07, 6.45) is 4.47. The molecule has 9 nitrogen and oxygen atoms in total. The summed E-state index contributed by atoms with van der Waals surface area (Å²) < 4.78 is 39.5. The third kappa shape index (κ3) is 7.08. The van der Waals surface area contributed by atoms with Gasteiger partial charge in [-0.15, -0.1) is 22.7 Å². The predicted octanol–water partition coefficient (Wildman–Crippen LogP) is 16.8. The van der Waals surface area contributed by atoms with Crippen LogP contribution in [0.3, 0.4) is 0 Å². The largest absolute Gasteiger partial charge is 0.458 e. The first-order valence-electron chi connectivity index (χ1n) is 33.9. The number of benzene rings is 13. The molecule has 0 amide bonds. The smallest absolute Gasteiger partial charge is 0.273 e. The van der Waals surface area contributed by atoms with Crippen LogP contribution < -0.4 is 75.9 Å². The standard InChI is InChI=1S/C84H49B3N6O3S4/c1-97-92-68-43-60-56(86-78-61(88-60)35-45(38-73(78)95-81-54-25-9-17-33-76(54)99-83(81)86)89-62-27-11-3-19-48(62)49-20-4-12-28-63(49)89)41-57(68)85-58-42-59-72(44-69(58)93(98-2)71-37-46(36-70(92)79(71)85)90-64-29-13-5-21-50(64)51-22-6-14-30-65(51)90)94-74-39-47(91-66-31-15-7-23-52(66)53-24-8-16-32-67(53)91)40-75-80(74)87(59)84-82(96-75)55-26-10-18-34-77(55)100-84/h3-44,88H,1-2H3. The number of para-hydroxylation sites is 6. The molecule has 0 atom stereocenters. The number of rotatable bonds is 5. The molecule has 0 saturated heterocycles. The second kappa shape index (κ2) is 19.8. The molecular formula is C84H49B3N6O3S4.